The molecule has 2 heterocycles. The maximum atomic E-state index is 13.9. The number of pyridine rings is 1. The number of carbonyl (C=O) groups is 2. The highest BCUT2D eigenvalue weighted by Crippen LogP contribution is 2.41. The lowest BCUT2D eigenvalue weighted by Crippen LogP contribution is -1.98. The Balaban J connectivity index is 0.000000709. The molecular formula is C23H18Cl2FN3O3S. The second kappa shape index (κ2) is 11.1. The highest BCUT2D eigenvalue weighted by atomic mass is 35.5. The van der Waals surface area contributed by atoms with Gasteiger partial charge in [0.1, 0.15) is 0 Å². The molecule has 6 nitrogen and oxygen atoms in total. The van der Waals surface area contributed by atoms with Gasteiger partial charge in [0.15, 0.2) is 17.9 Å². The van der Waals surface area contributed by atoms with E-state index in [4.69, 9.17) is 32.7 Å². The van der Waals surface area contributed by atoms with Gasteiger partial charge in [-0.2, -0.15) is 0 Å². The third kappa shape index (κ3) is 5.42. The van der Waals surface area contributed by atoms with E-state index in [1.54, 1.807) is 31.6 Å². The van der Waals surface area contributed by atoms with Crippen LogP contribution in [0, 0.1) is 5.82 Å². The van der Waals surface area contributed by atoms with Crippen LogP contribution in [0.5, 0.6) is 5.75 Å². The van der Waals surface area contributed by atoms with Crippen LogP contribution in [0.25, 0.3) is 21.2 Å². The first-order valence-electron chi connectivity index (χ1n) is 9.46. The predicted octanol–water partition coefficient (Wildman–Crippen LogP) is 6.34. The Hall–Kier alpha value is -3.20. The maximum Gasteiger partial charge on any atom is 0.206 e. The van der Waals surface area contributed by atoms with Crippen molar-refractivity contribution in [2.75, 3.05) is 19.5 Å². The van der Waals surface area contributed by atoms with Crippen LogP contribution >= 0.6 is 34.5 Å². The first-order chi connectivity index (χ1) is 15.9. The number of rotatable bonds is 6. The monoisotopic (exact) mass is 505 g/mol. The predicted molar refractivity (Wildman–Crippen MR) is 132 cm³/mol. The number of ether oxygens (including phenoxy) is 1. The number of hydrogen-bond donors (Lipinski definition) is 2. The van der Waals surface area contributed by atoms with E-state index in [0.717, 1.165) is 17.1 Å². The third-order valence-electron chi connectivity index (χ3n) is 4.49. The summed E-state index contributed by atoms with van der Waals surface area (Å²) in [5.41, 5.74) is 1.82. The number of fused-ring (bicyclic) bond motifs is 1. The molecule has 4 aromatic rings. The van der Waals surface area contributed by atoms with Gasteiger partial charge in [0, 0.05) is 34.5 Å². The van der Waals surface area contributed by atoms with Gasteiger partial charge < -0.3 is 15.4 Å². The molecule has 2 N–H and O–H groups in total. The first kappa shape index (κ1) is 24.4. The minimum Gasteiger partial charge on any atom is -0.494 e. The van der Waals surface area contributed by atoms with Gasteiger partial charge in [0.05, 0.1) is 39.6 Å². The molecule has 0 aliphatic carbocycles. The van der Waals surface area contributed by atoms with Crippen molar-refractivity contribution >= 4 is 69.4 Å². The summed E-state index contributed by atoms with van der Waals surface area (Å²) in [6.07, 6.45) is 4.75. The topological polar surface area (TPSA) is 80.3 Å². The Morgan fingerprint density at radius 1 is 1.09 bits per heavy atom. The lowest BCUT2D eigenvalue weighted by Gasteiger charge is -2.10. The maximum absolute atomic E-state index is 13.9. The molecule has 0 spiro atoms. The molecule has 0 fully saturated rings. The van der Waals surface area contributed by atoms with Gasteiger partial charge in [-0.05, 0) is 24.3 Å². The van der Waals surface area contributed by atoms with Crippen molar-refractivity contribution in [1.29, 1.82) is 0 Å². The molecule has 2 aromatic heterocycles. The van der Waals surface area contributed by atoms with E-state index in [1.165, 1.54) is 30.6 Å². The summed E-state index contributed by atoms with van der Waals surface area (Å²) < 4.78 is 18.9. The Morgan fingerprint density at radius 3 is 2.52 bits per heavy atom. The van der Waals surface area contributed by atoms with Crippen molar-refractivity contribution in [3.63, 3.8) is 0 Å². The summed E-state index contributed by atoms with van der Waals surface area (Å²) in [7, 11) is 2.94. The summed E-state index contributed by atoms with van der Waals surface area (Å²) in [4.78, 5) is 26.1. The van der Waals surface area contributed by atoms with E-state index < -0.39 is 5.82 Å². The Kier molecular flexibility index (Phi) is 8.21. The lowest BCUT2D eigenvalue weighted by molar-refractivity contribution is -0.109. The van der Waals surface area contributed by atoms with Crippen molar-refractivity contribution in [1.82, 2.24) is 10.3 Å². The highest BCUT2D eigenvalue weighted by Gasteiger charge is 2.17. The molecule has 0 aliphatic rings. The molecule has 0 aliphatic heterocycles. The highest BCUT2D eigenvalue weighted by molar-refractivity contribution is 7.17. The van der Waals surface area contributed by atoms with Gasteiger partial charge in [-0.1, -0.05) is 35.3 Å². The molecule has 0 saturated carbocycles. The number of anilines is 2. The molecule has 0 radical (unpaired) electrons. The molecule has 4 rings (SSSR count). The Bertz CT molecular complexity index is 1310. The van der Waals surface area contributed by atoms with Crippen LogP contribution in [0.15, 0.2) is 48.8 Å². The number of halogens is 3. The first-order valence-corrected chi connectivity index (χ1v) is 11.0. The zero-order valence-corrected chi connectivity index (χ0v) is 19.8. The van der Waals surface area contributed by atoms with E-state index in [0.29, 0.717) is 38.1 Å². The van der Waals surface area contributed by atoms with Crippen molar-refractivity contribution in [3.8, 4) is 16.2 Å². The molecule has 0 atom stereocenters. The molecular weight excluding hydrogens is 488 g/mol. The second-order valence-corrected chi connectivity index (χ2v) is 8.43. The number of thiophene rings is 1. The number of nitrogens with one attached hydrogen (secondary N) is 2. The second-order valence-electron chi connectivity index (χ2n) is 6.53. The molecule has 0 bridgehead atoms. The molecule has 0 unspecified atom stereocenters. The molecule has 2 aromatic carbocycles. The lowest BCUT2D eigenvalue weighted by atomic mass is 10.1. The molecule has 33 heavy (non-hydrogen) atoms. The van der Waals surface area contributed by atoms with E-state index in [9.17, 15) is 9.18 Å². The van der Waals surface area contributed by atoms with Crippen LogP contribution in [-0.4, -0.2) is 31.8 Å². The van der Waals surface area contributed by atoms with Crippen molar-refractivity contribution in [2.24, 2.45) is 0 Å². The average molecular weight is 506 g/mol. The summed E-state index contributed by atoms with van der Waals surface area (Å²) in [5.74, 6) is -0.478. The molecule has 1 amide bonds. The molecule has 170 valence electrons. The van der Waals surface area contributed by atoms with Crippen LogP contribution in [0.1, 0.15) is 9.67 Å². The summed E-state index contributed by atoms with van der Waals surface area (Å²) in [6.45, 7) is 0. The van der Waals surface area contributed by atoms with Crippen LogP contribution in [0.2, 0.25) is 10.0 Å². The third-order valence-corrected chi connectivity index (χ3v) is 6.22. The number of carbonyl (C=O) groups excluding carboxylic acids is 2. The molecule has 10 heteroatoms. The van der Waals surface area contributed by atoms with Crippen LogP contribution in [0.3, 0.4) is 0 Å². The zero-order chi connectivity index (χ0) is 24.0. The van der Waals surface area contributed by atoms with Gasteiger partial charge in [0.2, 0.25) is 6.41 Å². The number of hydrogen-bond acceptors (Lipinski definition) is 6. The minimum atomic E-state index is -0.553. The number of aromatic nitrogens is 1. The van der Waals surface area contributed by atoms with Crippen LogP contribution < -0.4 is 15.4 Å². The fourth-order valence-electron chi connectivity index (χ4n) is 3.03. The van der Waals surface area contributed by atoms with E-state index in [2.05, 4.69) is 15.6 Å². The van der Waals surface area contributed by atoms with E-state index >= 15 is 0 Å². The van der Waals surface area contributed by atoms with Gasteiger partial charge in [-0.3, -0.25) is 14.6 Å². The standard InChI is InChI=1S/C21H13Cl2FN2O2S.C2H5NO/c1-28-18-5-12(14(23)6-15(18)24)19-7-16(20(10-27)29-19)26-17-9-25-8-11-3-2-4-13(22)21(11)17;1-3-2-4/h2-10,26H,1H3;2H,1H3,(H,3,4). The number of amides is 1. The Morgan fingerprint density at radius 2 is 1.85 bits per heavy atom. The zero-order valence-electron chi connectivity index (χ0n) is 17.5. The summed E-state index contributed by atoms with van der Waals surface area (Å²) in [5, 5.41) is 7.96. The van der Waals surface area contributed by atoms with Crippen LogP contribution in [0.4, 0.5) is 15.8 Å². The van der Waals surface area contributed by atoms with Crippen LogP contribution in [-0.2, 0) is 4.79 Å². The number of benzene rings is 2. The minimum absolute atomic E-state index is 0.0741. The van der Waals surface area contributed by atoms with Gasteiger partial charge in [0.25, 0.3) is 0 Å². The average Bonchev–Trinajstić information content (AvgIpc) is 3.22. The Labute approximate surface area is 203 Å². The van der Waals surface area contributed by atoms with Gasteiger partial charge in [-0.25, -0.2) is 4.39 Å². The fraction of sp³-hybridized carbons (Fsp3) is 0.0870. The van der Waals surface area contributed by atoms with Crippen molar-refractivity contribution < 1.29 is 18.7 Å². The van der Waals surface area contributed by atoms with Crippen molar-refractivity contribution in [3.05, 3.63) is 69.5 Å². The number of nitrogens with zero attached hydrogens (tertiary/aromatic N) is 1. The smallest absolute Gasteiger partial charge is 0.206 e. The number of aldehydes is 1. The van der Waals surface area contributed by atoms with E-state index in [-0.39, 0.29) is 10.8 Å². The van der Waals surface area contributed by atoms with Gasteiger partial charge in [-0.15, -0.1) is 11.3 Å². The quantitative estimate of drug-likeness (QED) is 0.299. The summed E-state index contributed by atoms with van der Waals surface area (Å²) in [6, 6.07) is 10.0. The van der Waals surface area contributed by atoms with Gasteiger partial charge >= 0.3 is 0 Å². The number of methoxy groups -OCH3 is 1. The summed E-state index contributed by atoms with van der Waals surface area (Å²) >= 11 is 13.8. The largest absolute Gasteiger partial charge is 0.494 e. The van der Waals surface area contributed by atoms with Crippen molar-refractivity contribution in [2.45, 2.75) is 0 Å². The molecule has 0 saturated heterocycles. The normalized spacial score (nSPS) is 10.2. The fourth-order valence-corrected chi connectivity index (χ4v) is 4.58. The SMILES string of the molecule is CNC=O.COc1cc(-c2cc(Nc3cncc4cccc(Cl)c34)c(C=O)s2)c(Cl)cc1F. The van der Waals surface area contributed by atoms with E-state index in [1.807, 2.05) is 12.1 Å².